The molecule has 0 atom stereocenters. The molecule has 0 unspecified atom stereocenters. The quantitative estimate of drug-likeness (QED) is 0.839. The molecular weight excluding hydrogens is 318 g/mol. The number of amides is 2. The van der Waals surface area contributed by atoms with Gasteiger partial charge in [0.2, 0.25) is 5.91 Å². The van der Waals surface area contributed by atoms with Gasteiger partial charge >= 0.3 is 0 Å². The van der Waals surface area contributed by atoms with Crippen molar-refractivity contribution in [1.29, 1.82) is 0 Å². The number of pyridine rings is 1. The lowest BCUT2D eigenvalue weighted by Gasteiger charge is -2.26. The highest BCUT2D eigenvalue weighted by Gasteiger charge is 2.23. The van der Waals surface area contributed by atoms with E-state index in [2.05, 4.69) is 10.3 Å². The molecular formula is C19H25N3O3. The fourth-order valence-corrected chi connectivity index (χ4v) is 2.61. The Morgan fingerprint density at radius 2 is 2.08 bits per heavy atom. The summed E-state index contributed by atoms with van der Waals surface area (Å²) in [5.74, 6) is 1.11. The average Bonchev–Trinajstić information content (AvgIpc) is 2.92. The molecule has 0 aliphatic carbocycles. The molecule has 1 N–H and O–H groups in total. The van der Waals surface area contributed by atoms with Crippen molar-refractivity contribution >= 4 is 11.8 Å². The van der Waals surface area contributed by atoms with Gasteiger partial charge in [-0.2, -0.15) is 0 Å². The zero-order chi connectivity index (χ0) is 18.4. The molecule has 0 saturated carbocycles. The molecule has 0 saturated heterocycles. The van der Waals surface area contributed by atoms with Gasteiger partial charge in [0.25, 0.3) is 5.91 Å². The van der Waals surface area contributed by atoms with E-state index in [0.717, 1.165) is 5.56 Å². The number of aryl methyl sites for hydroxylation is 2. The normalized spacial score (nSPS) is 10.8. The van der Waals surface area contributed by atoms with Crippen LogP contribution in [0.5, 0.6) is 0 Å². The molecule has 2 amide bonds. The number of rotatable bonds is 7. The number of hydrogen-bond acceptors (Lipinski definition) is 4. The fraction of sp³-hybridized carbons (Fsp3) is 0.421. The van der Waals surface area contributed by atoms with Crippen LogP contribution in [0.2, 0.25) is 0 Å². The molecule has 2 rings (SSSR count). The Labute approximate surface area is 148 Å². The second-order valence-electron chi connectivity index (χ2n) is 6.31. The van der Waals surface area contributed by atoms with Crippen molar-refractivity contribution in [2.45, 2.75) is 46.7 Å². The number of hydrogen-bond donors (Lipinski definition) is 1. The zero-order valence-corrected chi connectivity index (χ0v) is 15.2. The molecule has 0 aromatic carbocycles. The predicted molar refractivity (Wildman–Crippen MR) is 95.1 cm³/mol. The summed E-state index contributed by atoms with van der Waals surface area (Å²) in [5, 5.41) is 2.85. The highest BCUT2D eigenvalue weighted by atomic mass is 16.3. The van der Waals surface area contributed by atoms with E-state index in [4.69, 9.17) is 4.42 Å². The minimum Gasteiger partial charge on any atom is -0.466 e. The number of aromatic nitrogens is 1. The first kappa shape index (κ1) is 18.7. The second kappa shape index (κ2) is 8.46. The molecule has 2 heterocycles. The van der Waals surface area contributed by atoms with Gasteiger partial charge in [0.05, 0.1) is 5.56 Å². The Bertz CT molecular complexity index is 723. The van der Waals surface area contributed by atoms with E-state index in [9.17, 15) is 9.59 Å². The van der Waals surface area contributed by atoms with Crippen LogP contribution in [-0.2, 0) is 11.3 Å². The Balaban J connectivity index is 1.92. The topological polar surface area (TPSA) is 75.4 Å². The maximum Gasteiger partial charge on any atom is 0.257 e. The lowest BCUT2D eigenvalue weighted by molar-refractivity contribution is -0.121. The van der Waals surface area contributed by atoms with Crippen molar-refractivity contribution < 1.29 is 14.0 Å². The first-order valence-corrected chi connectivity index (χ1v) is 8.42. The van der Waals surface area contributed by atoms with Crippen LogP contribution in [0.3, 0.4) is 0 Å². The Kier molecular flexibility index (Phi) is 6.33. The molecule has 2 aromatic heterocycles. The van der Waals surface area contributed by atoms with E-state index in [1.54, 1.807) is 30.3 Å². The predicted octanol–water partition coefficient (Wildman–Crippen LogP) is 2.85. The zero-order valence-electron chi connectivity index (χ0n) is 15.2. The summed E-state index contributed by atoms with van der Waals surface area (Å²) in [6.07, 6.45) is 3.66. The van der Waals surface area contributed by atoms with E-state index in [-0.39, 0.29) is 24.3 Å². The summed E-state index contributed by atoms with van der Waals surface area (Å²) in [5.41, 5.74) is 1.50. The fourth-order valence-electron chi connectivity index (χ4n) is 2.61. The third kappa shape index (κ3) is 5.17. The molecule has 0 radical (unpaired) electrons. The van der Waals surface area contributed by atoms with Crippen molar-refractivity contribution in [3.63, 3.8) is 0 Å². The molecule has 0 aliphatic heterocycles. The molecule has 0 bridgehead atoms. The first-order valence-electron chi connectivity index (χ1n) is 8.42. The lowest BCUT2D eigenvalue weighted by Crippen LogP contribution is -2.39. The third-order valence-electron chi connectivity index (χ3n) is 3.95. The molecule has 2 aromatic rings. The van der Waals surface area contributed by atoms with Gasteiger partial charge in [0, 0.05) is 37.9 Å². The number of carbonyl (C=O) groups is 2. The van der Waals surface area contributed by atoms with Crippen LogP contribution < -0.4 is 5.32 Å². The Morgan fingerprint density at radius 1 is 1.32 bits per heavy atom. The van der Waals surface area contributed by atoms with Crippen molar-refractivity contribution in [1.82, 2.24) is 15.2 Å². The Hall–Kier alpha value is -2.63. The van der Waals surface area contributed by atoms with Crippen LogP contribution in [0, 0.1) is 13.8 Å². The maximum absolute atomic E-state index is 12.7. The van der Waals surface area contributed by atoms with E-state index in [0.29, 0.717) is 30.2 Å². The number of carbonyl (C=O) groups excluding carboxylic acids is 2. The molecule has 0 fully saturated rings. The average molecular weight is 343 g/mol. The summed E-state index contributed by atoms with van der Waals surface area (Å²) < 4.78 is 5.45. The van der Waals surface area contributed by atoms with E-state index in [1.807, 2.05) is 32.9 Å². The van der Waals surface area contributed by atoms with Gasteiger partial charge in [-0.1, -0.05) is 6.07 Å². The maximum atomic E-state index is 12.7. The monoisotopic (exact) mass is 343 g/mol. The van der Waals surface area contributed by atoms with Gasteiger partial charge in [0.1, 0.15) is 11.5 Å². The number of nitrogens with one attached hydrogen (secondary N) is 1. The van der Waals surface area contributed by atoms with Gasteiger partial charge in [0.15, 0.2) is 0 Å². The van der Waals surface area contributed by atoms with Gasteiger partial charge in [-0.15, -0.1) is 0 Å². The standard InChI is InChI=1S/C19H25N3O3/c1-13(2)22(19(24)17-10-14(3)25-15(17)4)9-7-18(23)21-12-16-6-5-8-20-11-16/h5-6,8,10-11,13H,7,9,12H2,1-4H3,(H,21,23). The first-order chi connectivity index (χ1) is 11.9. The van der Waals surface area contributed by atoms with E-state index < -0.39 is 0 Å². The number of nitrogens with zero attached hydrogens (tertiary/aromatic N) is 2. The van der Waals surface area contributed by atoms with Crippen LogP contribution >= 0.6 is 0 Å². The molecule has 6 nitrogen and oxygen atoms in total. The minimum atomic E-state index is -0.107. The largest absolute Gasteiger partial charge is 0.466 e. The van der Waals surface area contributed by atoms with Crippen molar-refractivity contribution in [3.05, 3.63) is 53.2 Å². The molecule has 6 heteroatoms. The molecule has 0 aliphatic rings. The second-order valence-corrected chi connectivity index (χ2v) is 6.31. The van der Waals surface area contributed by atoms with Crippen LogP contribution in [0.1, 0.15) is 47.7 Å². The van der Waals surface area contributed by atoms with Crippen LogP contribution in [0.15, 0.2) is 35.0 Å². The Morgan fingerprint density at radius 3 is 2.64 bits per heavy atom. The summed E-state index contributed by atoms with van der Waals surface area (Å²) in [4.78, 5) is 30.5. The van der Waals surface area contributed by atoms with Crippen molar-refractivity contribution in [2.24, 2.45) is 0 Å². The molecule has 0 spiro atoms. The van der Waals surface area contributed by atoms with Gasteiger partial charge in [-0.25, -0.2) is 0 Å². The van der Waals surface area contributed by atoms with Crippen molar-refractivity contribution in [3.8, 4) is 0 Å². The summed E-state index contributed by atoms with van der Waals surface area (Å²) in [6, 6.07) is 5.47. The van der Waals surface area contributed by atoms with E-state index >= 15 is 0 Å². The van der Waals surface area contributed by atoms with Crippen LogP contribution in [0.25, 0.3) is 0 Å². The minimum absolute atomic E-state index is 0.00627. The highest BCUT2D eigenvalue weighted by Crippen LogP contribution is 2.17. The number of furan rings is 1. The van der Waals surface area contributed by atoms with Crippen LogP contribution in [0.4, 0.5) is 0 Å². The lowest BCUT2D eigenvalue weighted by atomic mass is 10.1. The highest BCUT2D eigenvalue weighted by molar-refractivity contribution is 5.95. The van der Waals surface area contributed by atoms with Gasteiger partial charge in [-0.05, 0) is 45.4 Å². The summed E-state index contributed by atoms with van der Waals surface area (Å²) in [6.45, 7) is 8.26. The van der Waals surface area contributed by atoms with Gasteiger partial charge in [-0.3, -0.25) is 14.6 Å². The smallest absolute Gasteiger partial charge is 0.257 e. The van der Waals surface area contributed by atoms with Crippen molar-refractivity contribution in [2.75, 3.05) is 6.54 Å². The SMILES string of the molecule is Cc1cc(C(=O)N(CCC(=O)NCc2cccnc2)C(C)C)c(C)o1. The molecule has 134 valence electrons. The van der Waals surface area contributed by atoms with E-state index in [1.165, 1.54) is 0 Å². The van der Waals surface area contributed by atoms with Crippen LogP contribution in [-0.4, -0.2) is 34.3 Å². The summed E-state index contributed by atoms with van der Waals surface area (Å²) in [7, 11) is 0. The third-order valence-corrected chi connectivity index (χ3v) is 3.95. The van der Waals surface area contributed by atoms with Gasteiger partial charge < -0.3 is 14.6 Å². The molecule has 25 heavy (non-hydrogen) atoms. The summed E-state index contributed by atoms with van der Waals surface area (Å²) >= 11 is 0.